The van der Waals surface area contributed by atoms with Gasteiger partial charge in [0.1, 0.15) is 10.8 Å². The number of hydrogen-bond acceptors (Lipinski definition) is 3. The molecule has 0 spiro atoms. The zero-order valence-electron chi connectivity index (χ0n) is 11.7. The first kappa shape index (κ1) is 19.0. The van der Waals surface area contributed by atoms with Gasteiger partial charge in [-0.3, -0.25) is 0 Å². The minimum absolute atomic E-state index is 0.0125. The van der Waals surface area contributed by atoms with Gasteiger partial charge in [-0.15, -0.1) is 5.10 Å². The van der Waals surface area contributed by atoms with Crippen LogP contribution in [0.4, 0.5) is 26.3 Å². The van der Waals surface area contributed by atoms with Crippen LogP contribution in [-0.4, -0.2) is 25.8 Å². The molecule has 5 nitrogen and oxygen atoms in total. The number of carbonyl (C=O) groups is 1. The van der Waals surface area contributed by atoms with Crippen LogP contribution in [0.1, 0.15) is 11.1 Å². The molecule has 0 amide bonds. The van der Waals surface area contributed by atoms with Crippen LogP contribution < -0.4 is 0 Å². The second-order valence-corrected chi connectivity index (χ2v) is 5.48. The number of nitrogens with zero attached hydrogens (tertiary/aromatic N) is 3. The van der Waals surface area contributed by atoms with Gasteiger partial charge in [0.15, 0.2) is 5.82 Å². The van der Waals surface area contributed by atoms with E-state index in [1.165, 1.54) is 0 Å². The lowest BCUT2D eigenvalue weighted by Gasteiger charge is -2.13. The first-order chi connectivity index (χ1) is 11.4. The molecular formula is C13H6BrF6N3O2. The van der Waals surface area contributed by atoms with E-state index in [0.29, 0.717) is 12.1 Å². The van der Waals surface area contributed by atoms with E-state index in [1.807, 2.05) is 0 Å². The van der Waals surface area contributed by atoms with Gasteiger partial charge in [0, 0.05) is 5.56 Å². The summed E-state index contributed by atoms with van der Waals surface area (Å²) in [5, 5.41) is 12.3. The van der Waals surface area contributed by atoms with Gasteiger partial charge in [0.2, 0.25) is 0 Å². The Morgan fingerprint density at radius 3 is 2.04 bits per heavy atom. The van der Waals surface area contributed by atoms with Gasteiger partial charge >= 0.3 is 18.3 Å². The molecule has 2 aromatic rings. The van der Waals surface area contributed by atoms with Gasteiger partial charge in [0.05, 0.1) is 17.3 Å². The molecule has 0 saturated carbocycles. The molecule has 0 aliphatic rings. The van der Waals surface area contributed by atoms with E-state index in [-0.39, 0.29) is 10.5 Å². The fourth-order valence-corrected chi connectivity index (χ4v) is 1.93. The third-order valence-corrected chi connectivity index (χ3v) is 3.35. The van der Waals surface area contributed by atoms with Crippen molar-refractivity contribution in [2.45, 2.75) is 12.4 Å². The van der Waals surface area contributed by atoms with Crippen molar-refractivity contribution in [1.29, 1.82) is 0 Å². The Labute approximate surface area is 143 Å². The summed E-state index contributed by atoms with van der Waals surface area (Å²) in [7, 11) is 0. The molecule has 0 fully saturated rings. The van der Waals surface area contributed by atoms with Crippen LogP contribution in [0.2, 0.25) is 0 Å². The third-order valence-electron chi connectivity index (χ3n) is 2.80. The lowest BCUT2D eigenvalue weighted by Crippen LogP contribution is -2.11. The SMILES string of the molecule is O=C(O)/C(Br)=C/n1cnc(-c2cc(C(F)(F)F)cc(C(F)(F)F)c2)n1. The van der Waals surface area contributed by atoms with Crippen molar-refractivity contribution < 1.29 is 36.2 Å². The molecule has 1 heterocycles. The summed E-state index contributed by atoms with van der Waals surface area (Å²) in [4.78, 5) is 14.3. The molecule has 1 N–H and O–H groups in total. The molecule has 0 atom stereocenters. The summed E-state index contributed by atoms with van der Waals surface area (Å²) >= 11 is 2.70. The first-order valence-corrected chi connectivity index (χ1v) is 6.99. The molecule has 0 saturated heterocycles. The van der Waals surface area contributed by atoms with Crippen LogP contribution in [0, 0.1) is 0 Å². The predicted octanol–water partition coefficient (Wildman–Crippen LogP) is 4.26. The summed E-state index contributed by atoms with van der Waals surface area (Å²) < 4.78 is 77.4. The molecule has 0 aliphatic heterocycles. The summed E-state index contributed by atoms with van der Waals surface area (Å²) in [6, 6.07) is 0.942. The Morgan fingerprint density at radius 2 is 1.60 bits per heavy atom. The average Bonchev–Trinajstić information content (AvgIpc) is 2.93. The van der Waals surface area contributed by atoms with E-state index in [4.69, 9.17) is 5.11 Å². The fraction of sp³-hybridized carbons (Fsp3) is 0.154. The standard InChI is InChI=1S/C13H6BrF6N3O2/c14-9(11(24)25)4-23-5-21-10(22-23)6-1-7(12(15,16)17)3-8(2-6)13(18,19)20/h1-5H,(H,24,25)/b9-4-. The molecular weight excluding hydrogens is 424 g/mol. The van der Waals surface area contributed by atoms with E-state index < -0.39 is 40.8 Å². The van der Waals surface area contributed by atoms with E-state index >= 15 is 0 Å². The van der Waals surface area contributed by atoms with Crippen LogP contribution in [-0.2, 0) is 17.1 Å². The summed E-state index contributed by atoms with van der Waals surface area (Å²) in [5.41, 5.74) is -3.52. The van der Waals surface area contributed by atoms with Gasteiger partial charge in [0.25, 0.3) is 0 Å². The number of aliphatic carboxylic acids is 1. The number of halogens is 7. The van der Waals surface area contributed by atoms with Crippen molar-refractivity contribution in [3.63, 3.8) is 0 Å². The lowest BCUT2D eigenvalue weighted by molar-refractivity contribution is -0.143. The number of alkyl halides is 6. The highest BCUT2D eigenvalue weighted by Crippen LogP contribution is 2.38. The molecule has 1 aromatic carbocycles. The fourth-order valence-electron chi connectivity index (χ4n) is 1.72. The molecule has 2 rings (SSSR count). The van der Waals surface area contributed by atoms with E-state index in [0.717, 1.165) is 17.2 Å². The van der Waals surface area contributed by atoms with Crippen LogP contribution >= 0.6 is 15.9 Å². The van der Waals surface area contributed by atoms with Gasteiger partial charge in [-0.2, -0.15) is 26.3 Å². The van der Waals surface area contributed by atoms with E-state index in [9.17, 15) is 31.1 Å². The Bertz CT molecular complexity index is 809. The predicted molar refractivity (Wildman–Crippen MR) is 76.3 cm³/mol. The van der Waals surface area contributed by atoms with E-state index in [2.05, 4.69) is 26.0 Å². The largest absolute Gasteiger partial charge is 0.477 e. The molecule has 25 heavy (non-hydrogen) atoms. The number of benzene rings is 1. The highest BCUT2D eigenvalue weighted by Gasteiger charge is 2.37. The zero-order valence-corrected chi connectivity index (χ0v) is 13.3. The van der Waals surface area contributed by atoms with Crippen molar-refractivity contribution in [1.82, 2.24) is 14.8 Å². The second kappa shape index (κ2) is 6.50. The van der Waals surface area contributed by atoms with Gasteiger partial charge in [-0.25, -0.2) is 14.5 Å². The molecule has 12 heteroatoms. The lowest BCUT2D eigenvalue weighted by atomic mass is 10.0. The summed E-state index contributed by atoms with van der Waals surface area (Å²) in [6.07, 6.45) is -8.13. The van der Waals surface area contributed by atoms with Gasteiger partial charge < -0.3 is 5.11 Å². The molecule has 1 aromatic heterocycles. The summed E-state index contributed by atoms with van der Waals surface area (Å²) in [6.45, 7) is 0. The maximum absolute atomic E-state index is 12.8. The van der Waals surface area contributed by atoms with Crippen LogP contribution in [0.15, 0.2) is 29.0 Å². The Balaban J connectivity index is 2.54. The number of hydrogen-bond donors (Lipinski definition) is 1. The van der Waals surface area contributed by atoms with Crippen molar-refractivity contribution in [2.24, 2.45) is 0 Å². The molecule has 0 aliphatic carbocycles. The molecule has 134 valence electrons. The highest BCUT2D eigenvalue weighted by molar-refractivity contribution is 9.12. The average molecular weight is 430 g/mol. The molecule has 0 radical (unpaired) electrons. The second-order valence-electron chi connectivity index (χ2n) is 4.62. The maximum Gasteiger partial charge on any atom is 0.416 e. The smallest absolute Gasteiger partial charge is 0.416 e. The highest BCUT2D eigenvalue weighted by atomic mass is 79.9. The van der Waals surface area contributed by atoms with Crippen LogP contribution in [0.3, 0.4) is 0 Å². The number of rotatable bonds is 3. The summed E-state index contributed by atoms with van der Waals surface area (Å²) in [5.74, 6) is -1.78. The Kier molecular flexibility index (Phi) is 4.93. The Morgan fingerprint density at radius 1 is 1.08 bits per heavy atom. The van der Waals surface area contributed by atoms with Crippen molar-refractivity contribution in [3.05, 3.63) is 40.1 Å². The minimum atomic E-state index is -5.00. The molecule has 0 unspecified atom stereocenters. The topological polar surface area (TPSA) is 68.0 Å². The third kappa shape index (κ3) is 4.59. The van der Waals surface area contributed by atoms with Crippen molar-refractivity contribution >= 4 is 28.1 Å². The molecule has 0 bridgehead atoms. The number of carboxylic acids is 1. The monoisotopic (exact) mass is 429 g/mol. The van der Waals surface area contributed by atoms with E-state index in [1.54, 1.807) is 0 Å². The van der Waals surface area contributed by atoms with Gasteiger partial charge in [-0.05, 0) is 34.1 Å². The quantitative estimate of drug-likeness (QED) is 0.584. The van der Waals surface area contributed by atoms with Crippen LogP contribution in [0.5, 0.6) is 0 Å². The maximum atomic E-state index is 12.8. The van der Waals surface area contributed by atoms with Gasteiger partial charge in [-0.1, -0.05) is 0 Å². The van der Waals surface area contributed by atoms with Crippen molar-refractivity contribution in [2.75, 3.05) is 0 Å². The van der Waals surface area contributed by atoms with Crippen LogP contribution in [0.25, 0.3) is 17.6 Å². The minimum Gasteiger partial charge on any atom is -0.477 e. The number of carboxylic acid groups (broad SMARTS) is 1. The normalized spacial score (nSPS) is 13.2. The van der Waals surface area contributed by atoms with Crippen molar-refractivity contribution in [3.8, 4) is 11.4 Å². The number of aromatic nitrogens is 3. The first-order valence-electron chi connectivity index (χ1n) is 6.19. The Hall–Kier alpha value is -2.37. The zero-order chi connectivity index (χ0) is 19.0.